The van der Waals surface area contributed by atoms with Crippen LogP contribution in [-0.2, 0) is 11.2 Å². The first-order chi connectivity index (χ1) is 13.3. The molecular formula is C24H23NO2. The molecule has 0 fully saturated rings. The smallest absolute Gasteiger partial charge is 0.0849 e. The van der Waals surface area contributed by atoms with E-state index in [0.717, 1.165) is 28.9 Å². The molecule has 0 bridgehead atoms. The lowest BCUT2D eigenvalue weighted by Crippen LogP contribution is -2.17. The minimum absolute atomic E-state index is 0.0144. The maximum absolute atomic E-state index is 9.27. The molecule has 0 radical (unpaired) electrons. The SMILES string of the molecule is OCC[C@@H]1OCCc2cc(N=C(c3ccccc3)c3ccccc3)ccc21. The summed E-state index contributed by atoms with van der Waals surface area (Å²) in [5.74, 6) is 0. The molecule has 3 nitrogen and oxygen atoms in total. The van der Waals surface area contributed by atoms with Gasteiger partial charge in [-0.15, -0.1) is 0 Å². The number of aliphatic hydroxyl groups excluding tert-OH is 1. The first kappa shape index (κ1) is 17.7. The third kappa shape index (κ3) is 4.00. The van der Waals surface area contributed by atoms with Crippen molar-refractivity contribution in [2.75, 3.05) is 13.2 Å². The Morgan fingerprint density at radius 2 is 1.59 bits per heavy atom. The number of rotatable bonds is 5. The van der Waals surface area contributed by atoms with Gasteiger partial charge < -0.3 is 9.84 Å². The highest BCUT2D eigenvalue weighted by Crippen LogP contribution is 2.32. The van der Waals surface area contributed by atoms with Gasteiger partial charge in [-0.3, -0.25) is 0 Å². The number of fused-ring (bicyclic) bond motifs is 1. The third-order valence-corrected chi connectivity index (χ3v) is 4.89. The van der Waals surface area contributed by atoms with Crippen LogP contribution in [0.25, 0.3) is 0 Å². The van der Waals surface area contributed by atoms with Crippen LogP contribution >= 0.6 is 0 Å². The van der Waals surface area contributed by atoms with E-state index in [4.69, 9.17) is 9.73 Å². The van der Waals surface area contributed by atoms with Crippen LogP contribution in [0.1, 0.15) is 34.8 Å². The van der Waals surface area contributed by atoms with E-state index in [1.165, 1.54) is 11.1 Å². The normalized spacial score (nSPS) is 15.8. The van der Waals surface area contributed by atoms with Gasteiger partial charge in [-0.25, -0.2) is 4.99 Å². The quantitative estimate of drug-likeness (QED) is 0.663. The van der Waals surface area contributed by atoms with Crippen LogP contribution in [0.15, 0.2) is 83.9 Å². The highest BCUT2D eigenvalue weighted by atomic mass is 16.5. The molecule has 0 amide bonds. The monoisotopic (exact) mass is 357 g/mol. The van der Waals surface area contributed by atoms with Crippen molar-refractivity contribution in [1.29, 1.82) is 0 Å². The summed E-state index contributed by atoms with van der Waals surface area (Å²) in [6, 6.07) is 26.9. The van der Waals surface area contributed by atoms with E-state index >= 15 is 0 Å². The number of benzene rings is 3. The summed E-state index contributed by atoms with van der Waals surface area (Å²) in [7, 11) is 0. The van der Waals surface area contributed by atoms with Crippen molar-refractivity contribution in [1.82, 2.24) is 0 Å². The predicted molar refractivity (Wildman–Crippen MR) is 109 cm³/mol. The van der Waals surface area contributed by atoms with Crippen molar-refractivity contribution in [3.05, 3.63) is 101 Å². The fourth-order valence-corrected chi connectivity index (χ4v) is 3.57. The van der Waals surface area contributed by atoms with Crippen LogP contribution in [0.5, 0.6) is 0 Å². The zero-order valence-electron chi connectivity index (χ0n) is 15.2. The van der Waals surface area contributed by atoms with E-state index in [1.54, 1.807) is 0 Å². The largest absolute Gasteiger partial charge is 0.396 e. The Morgan fingerprint density at radius 3 is 2.22 bits per heavy atom. The zero-order valence-corrected chi connectivity index (χ0v) is 15.2. The second kappa shape index (κ2) is 8.30. The molecule has 0 aromatic heterocycles. The second-order valence-corrected chi connectivity index (χ2v) is 6.70. The Morgan fingerprint density at radius 1 is 0.926 bits per heavy atom. The van der Waals surface area contributed by atoms with Crippen molar-refractivity contribution in [2.45, 2.75) is 18.9 Å². The predicted octanol–water partition coefficient (Wildman–Crippen LogP) is 4.85. The van der Waals surface area contributed by atoms with Gasteiger partial charge in [-0.2, -0.15) is 0 Å². The Kier molecular flexibility index (Phi) is 5.42. The van der Waals surface area contributed by atoms with E-state index in [-0.39, 0.29) is 12.7 Å². The molecule has 1 aliphatic heterocycles. The van der Waals surface area contributed by atoms with Gasteiger partial charge in [0.2, 0.25) is 0 Å². The number of hydrogen-bond acceptors (Lipinski definition) is 3. The van der Waals surface area contributed by atoms with Gasteiger partial charge in [0.1, 0.15) is 0 Å². The summed E-state index contributed by atoms with van der Waals surface area (Å²) in [6.45, 7) is 0.825. The Bertz CT molecular complexity index is 878. The first-order valence-corrected chi connectivity index (χ1v) is 9.40. The van der Waals surface area contributed by atoms with Gasteiger partial charge >= 0.3 is 0 Å². The van der Waals surface area contributed by atoms with Crippen LogP contribution in [0.4, 0.5) is 5.69 Å². The number of aliphatic hydroxyl groups is 1. The lowest BCUT2D eigenvalue weighted by molar-refractivity contribution is 0.0254. The van der Waals surface area contributed by atoms with Gasteiger partial charge in [0.05, 0.1) is 24.1 Å². The lowest BCUT2D eigenvalue weighted by Gasteiger charge is -2.25. The zero-order chi connectivity index (χ0) is 18.5. The molecule has 0 aliphatic carbocycles. The molecule has 3 heteroatoms. The first-order valence-electron chi connectivity index (χ1n) is 9.40. The average molecular weight is 357 g/mol. The van der Waals surface area contributed by atoms with E-state index in [2.05, 4.69) is 36.4 Å². The topological polar surface area (TPSA) is 41.8 Å². The van der Waals surface area contributed by atoms with Gasteiger partial charge in [-0.05, 0) is 29.7 Å². The van der Waals surface area contributed by atoms with Crippen LogP contribution in [0, 0.1) is 0 Å². The molecule has 1 aliphatic rings. The number of nitrogens with zero attached hydrogens (tertiary/aromatic N) is 1. The Hall–Kier alpha value is -2.75. The molecule has 3 aromatic carbocycles. The molecule has 1 N–H and O–H groups in total. The van der Waals surface area contributed by atoms with Crippen LogP contribution < -0.4 is 0 Å². The van der Waals surface area contributed by atoms with Crippen molar-refractivity contribution in [2.24, 2.45) is 4.99 Å². The minimum atomic E-state index is -0.0144. The molecule has 27 heavy (non-hydrogen) atoms. The second-order valence-electron chi connectivity index (χ2n) is 6.70. The van der Waals surface area contributed by atoms with Crippen molar-refractivity contribution >= 4 is 11.4 Å². The number of ether oxygens (including phenoxy) is 1. The minimum Gasteiger partial charge on any atom is -0.396 e. The summed E-state index contributed by atoms with van der Waals surface area (Å²) in [5.41, 5.74) is 6.55. The van der Waals surface area contributed by atoms with Crippen LogP contribution in [-0.4, -0.2) is 24.0 Å². The molecule has 136 valence electrons. The van der Waals surface area contributed by atoms with E-state index < -0.39 is 0 Å². The lowest BCUT2D eigenvalue weighted by atomic mass is 9.95. The van der Waals surface area contributed by atoms with Crippen molar-refractivity contribution < 1.29 is 9.84 Å². The summed E-state index contributed by atoms with van der Waals surface area (Å²) in [6.07, 6.45) is 1.50. The van der Waals surface area contributed by atoms with Crippen LogP contribution in [0.2, 0.25) is 0 Å². The molecule has 1 atom stereocenters. The maximum Gasteiger partial charge on any atom is 0.0849 e. The van der Waals surface area contributed by atoms with E-state index in [0.29, 0.717) is 13.0 Å². The van der Waals surface area contributed by atoms with Gasteiger partial charge in [0, 0.05) is 24.2 Å². The highest BCUT2D eigenvalue weighted by molar-refractivity contribution is 6.13. The summed E-state index contributed by atoms with van der Waals surface area (Å²) >= 11 is 0. The highest BCUT2D eigenvalue weighted by Gasteiger charge is 2.20. The van der Waals surface area contributed by atoms with E-state index in [9.17, 15) is 5.11 Å². The molecule has 4 rings (SSSR count). The summed E-state index contributed by atoms with van der Waals surface area (Å²) < 4.78 is 5.81. The van der Waals surface area contributed by atoms with Gasteiger partial charge in [-0.1, -0.05) is 66.7 Å². The van der Waals surface area contributed by atoms with Gasteiger partial charge in [0.15, 0.2) is 0 Å². The number of aliphatic imine (C=N–C) groups is 1. The molecule has 0 spiro atoms. The molecule has 1 heterocycles. The van der Waals surface area contributed by atoms with E-state index in [1.807, 2.05) is 42.5 Å². The van der Waals surface area contributed by atoms with Crippen molar-refractivity contribution in [3.8, 4) is 0 Å². The Labute approximate surface area is 160 Å². The molecule has 0 saturated heterocycles. The Balaban J connectivity index is 1.75. The average Bonchev–Trinajstić information content (AvgIpc) is 2.73. The summed E-state index contributed by atoms with van der Waals surface area (Å²) in [5, 5.41) is 9.27. The summed E-state index contributed by atoms with van der Waals surface area (Å²) in [4.78, 5) is 5.00. The molecule has 0 saturated carbocycles. The standard InChI is InChI=1S/C24H23NO2/c26-15-13-23-22-12-11-21(17-20(22)14-16-27-23)25-24(18-7-3-1-4-8-18)19-9-5-2-6-10-19/h1-12,17,23,26H,13-16H2/t23-/m0/s1. The van der Waals surface area contributed by atoms with Crippen LogP contribution in [0.3, 0.4) is 0 Å². The maximum atomic E-state index is 9.27. The molecule has 3 aromatic rings. The number of hydrogen-bond donors (Lipinski definition) is 1. The van der Waals surface area contributed by atoms with Crippen molar-refractivity contribution in [3.63, 3.8) is 0 Å². The molecular weight excluding hydrogens is 334 g/mol. The molecule has 0 unspecified atom stereocenters. The van der Waals surface area contributed by atoms with Gasteiger partial charge in [0.25, 0.3) is 0 Å². The fraction of sp³-hybridized carbons (Fsp3) is 0.208. The fourth-order valence-electron chi connectivity index (χ4n) is 3.57. The third-order valence-electron chi connectivity index (χ3n) is 4.89.